The van der Waals surface area contributed by atoms with Crippen molar-refractivity contribution in [2.24, 2.45) is 0 Å². The van der Waals surface area contributed by atoms with Crippen molar-refractivity contribution in [3.63, 3.8) is 0 Å². The average molecular weight is 295 g/mol. The topological polar surface area (TPSA) is 75.5 Å². The smallest absolute Gasteiger partial charge is 0.304 e. The van der Waals surface area contributed by atoms with E-state index in [1.807, 2.05) is 4.90 Å². The van der Waals surface area contributed by atoms with E-state index in [1.165, 1.54) is 18.2 Å². The molecular formula is C14H18FN3O3. The lowest BCUT2D eigenvalue weighted by molar-refractivity contribution is -0.387. The van der Waals surface area contributed by atoms with E-state index >= 15 is 0 Å². The van der Waals surface area contributed by atoms with Crippen molar-refractivity contribution < 1.29 is 14.1 Å². The summed E-state index contributed by atoms with van der Waals surface area (Å²) in [6.07, 6.45) is 2.75. The van der Waals surface area contributed by atoms with Crippen LogP contribution in [-0.4, -0.2) is 35.4 Å². The highest BCUT2D eigenvalue weighted by Gasteiger charge is 2.28. The number of rotatable bonds is 4. The lowest BCUT2D eigenvalue weighted by Crippen LogP contribution is -2.48. The second kappa shape index (κ2) is 6.62. The highest BCUT2D eigenvalue weighted by molar-refractivity contribution is 5.81. The van der Waals surface area contributed by atoms with Gasteiger partial charge >= 0.3 is 5.69 Å². The van der Waals surface area contributed by atoms with Crippen molar-refractivity contribution in [1.82, 2.24) is 10.2 Å². The summed E-state index contributed by atoms with van der Waals surface area (Å²) in [5, 5.41) is 13.2. The molecule has 114 valence electrons. The number of nitro benzene ring substituents is 1. The Morgan fingerprint density at radius 1 is 1.52 bits per heavy atom. The molecule has 6 nitrogen and oxygen atoms in total. The number of benzene rings is 1. The number of likely N-dealkylation sites (tertiary alicyclic amines) is 1. The van der Waals surface area contributed by atoms with Crippen LogP contribution in [0, 0.1) is 15.9 Å². The standard InChI is InChI=1S/C14H18FN3O3/c1-16-14(19)13-4-2-3-7-17(13)9-10-5-6-12(18(20)21)11(15)8-10/h5-6,8,13H,2-4,7,9H2,1H3,(H,16,19)/t13-/m1/s1. The Bertz CT molecular complexity index is 550. The van der Waals surface area contributed by atoms with E-state index in [9.17, 15) is 19.3 Å². The first-order chi connectivity index (χ1) is 10.0. The Labute approximate surface area is 122 Å². The Hall–Kier alpha value is -2.02. The van der Waals surface area contributed by atoms with Gasteiger partial charge in [-0.1, -0.05) is 12.5 Å². The molecule has 2 rings (SSSR count). The summed E-state index contributed by atoms with van der Waals surface area (Å²) in [7, 11) is 1.60. The van der Waals surface area contributed by atoms with Gasteiger partial charge in [-0.05, 0) is 31.0 Å². The molecule has 1 amide bonds. The zero-order valence-electron chi connectivity index (χ0n) is 11.8. The number of piperidine rings is 1. The predicted molar refractivity (Wildman–Crippen MR) is 75.2 cm³/mol. The quantitative estimate of drug-likeness (QED) is 0.679. The first-order valence-electron chi connectivity index (χ1n) is 6.91. The van der Waals surface area contributed by atoms with E-state index in [2.05, 4.69) is 5.32 Å². The van der Waals surface area contributed by atoms with Gasteiger partial charge in [0.25, 0.3) is 0 Å². The van der Waals surface area contributed by atoms with Crippen LogP contribution in [-0.2, 0) is 11.3 Å². The van der Waals surface area contributed by atoms with E-state index in [1.54, 1.807) is 7.05 Å². The van der Waals surface area contributed by atoms with Crippen LogP contribution in [0.4, 0.5) is 10.1 Å². The number of likely N-dealkylation sites (N-methyl/N-ethyl adjacent to an activating group) is 1. The minimum Gasteiger partial charge on any atom is -0.358 e. The molecule has 21 heavy (non-hydrogen) atoms. The maximum atomic E-state index is 13.6. The number of nitro groups is 1. The molecular weight excluding hydrogens is 277 g/mol. The number of halogens is 1. The molecule has 1 aromatic carbocycles. The third-order valence-corrected chi connectivity index (χ3v) is 3.76. The first kappa shape index (κ1) is 15.4. The fourth-order valence-corrected chi connectivity index (χ4v) is 2.68. The summed E-state index contributed by atoms with van der Waals surface area (Å²) < 4.78 is 13.6. The lowest BCUT2D eigenvalue weighted by Gasteiger charge is -2.34. The molecule has 1 saturated heterocycles. The molecule has 1 fully saturated rings. The van der Waals surface area contributed by atoms with Crippen LogP contribution < -0.4 is 5.32 Å². The number of hydrogen-bond donors (Lipinski definition) is 1. The molecule has 1 aromatic rings. The first-order valence-corrected chi connectivity index (χ1v) is 6.91. The molecule has 0 unspecified atom stereocenters. The third kappa shape index (κ3) is 3.55. The number of hydrogen-bond acceptors (Lipinski definition) is 4. The molecule has 7 heteroatoms. The van der Waals surface area contributed by atoms with Crippen LogP contribution in [0.25, 0.3) is 0 Å². The van der Waals surface area contributed by atoms with Crippen molar-refractivity contribution in [2.45, 2.75) is 31.8 Å². The number of nitrogens with zero attached hydrogens (tertiary/aromatic N) is 2. The molecule has 0 bridgehead atoms. The van der Waals surface area contributed by atoms with Crippen molar-refractivity contribution in [1.29, 1.82) is 0 Å². The summed E-state index contributed by atoms with van der Waals surface area (Å²) in [6, 6.07) is 3.66. The fourth-order valence-electron chi connectivity index (χ4n) is 2.68. The van der Waals surface area contributed by atoms with E-state index in [0.717, 1.165) is 25.8 Å². The van der Waals surface area contributed by atoms with Crippen molar-refractivity contribution in [3.8, 4) is 0 Å². The third-order valence-electron chi connectivity index (χ3n) is 3.76. The average Bonchev–Trinajstić information content (AvgIpc) is 2.46. The maximum absolute atomic E-state index is 13.6. The van der Waals surface area contributed by atoms with Gasteiger partial charge in [-0.3, -0.25) is 19.8 Å². The normalized spacial score (nSPS) is 19.2. The van der Waals surface area contributed by atoms with Crippen LogP contribution >= 0.6 is 0 Å². The van der Waals surface area contributed by atoms with Crippen molar-refractivity contribution >= 4 is 11.6 Å². The largest absolute Gasteiger partial charge is 0.358 e. The van der Waals surface area contributed by atoms with Crippen molar-refractivity contribution in [2.75, 3.05) is 13.6 Å². The van der Waals surface area contributed by atoms with Gasteiger partial charge in [0.15, 0.2) is 0 Å². The van der Waals surface area contributed by atoms with E-state index < -0.39 is 16.4 Å². The zero-order valence-corrected chi connectivity index (χ0v) is 11.8. The molecule has 0 saturated carbocycles. The number of carbonyl (C=O) groups is 1. The summed E-state index contributed by atoms with van der Waals surface area (Å²) in [4.78, 5) is 23.7. The van der Waals surface area contributed by atoms with Gasteiger partial charge < -0.3 is 5.32 Å². The molecule has 0 aromatic heterocycles. The van der Waals surface area contributed by atoms with Gasteiger partial charge in [0.1, 0.15) is 0 Å². The predicted octanol–water partition coefficient (Wildman–Crippen LogP) is 1.83. The fraction of sp³-hybridized carbons (Fsp3) is 0.500. The van der Waals surface area contributed by atoms with Gasteiger partial charge in [-0.2, -0.15) is 4.39 Å². The second-order valence-electron chi connectivity index (χ2n) is 5.14. The highest BCUT2D eigenvalue weighted by Crippen LogP contribution is 2.23. The molecule has 0 aliphatic carbocycles. The van der Waals surface area contributed by atoms with Crippen LogP contribution in [0.2, 0.25) is 0 Å². The van der Waals surface area contributed by atoms with Gasteiger partial charge in [0, 0.05) is 19.7 Å². The van der Waals surface area contributed by atoms with Crippen molar-refractivity contribution in [3.05, 3.63) is 39.7 Å². The van der Waals surface area contributed by atoms with E-state index in [0.29, 0.717) is 12.1 Å². The summed E-state index contributed by atoms with van der Waals surface area (Å²) in [5.41, 5.74) is 0.106. The summed E-state index contributed by atoms with van der Waals surface area (Å²) >= 11 is 0. The van der Waals surface area contributed by atoms with Crippen LogP contribution in [0.3, 0.4) is 0 Å². The minimum absolute atomic E-state index is 0.0444. The van der Waals surface area contributed by atoms with Gasteiger partial charge in [-0.15, -0.1) is 0 Å². The highest BCUT2D eigenvalue weighted by atomic mass is 19.1. The Balaban J connectivity index is 2.14. The molecule has 1 heterocycles. The van der Waals surface area contributed by atoms with Gasteiger partial charge in [0.2, 0.25) is 11.7 Å². The molecule has 1 aliphatic rings. The summed E-state index contributed by atoms with van der Waals surface area (Å²) in [6.45, 7) is 1.17. The zero-order chi connectivity index (χ0) is 15.4. The SMILES string of the molecule is CNC(=O)[C@H]1CCCCN1Cc1ccc([N+](=O)[O-])c(F)c1. The Morgan fingerprint density at radius 2 is 2.29 bits per heavy atom. The summed E-state index contributed by atoms with van der Waals surface area (Å²) in [5.74, 6) is -0.886. The molecule has 0 spiro atoms. The van der Waals surface area contributed by atoms with Crippen LogP contribution in [0.1, 0.15) is 24.8 Å². The van der Waals surface area contributed by atoms with Crippen LogP contribution in [0.15, 0.2) is 18.2 Å². The number of amides is 1. The van der Waals surface area contributed by atoms with E-state index in [-0.39, 0.29) is 11.9 Å². The Kier molecular flexibility index (Phi) is 4.85. The monoisotopic (exact) mass is 295 g/mol. The molecule has 1 N–H and O–H groups in total. The van der Waals surface area contributed by atoms with Crippen LogP contribution in [0.5, 0.6) is 0 Å². The number of carbonyl (C=O) groups excluding carboxylic acids is 1. The minimum atomic E-state index is -0.842. The second-order valence-corrected chi connectivity index (χ2v) is 5.14. The lowest BCUT2D eigenvalue weighted by atomic mass is 10.0. The van der Waals surface area contributed by atoms with Gasteiger partial charge in [0.05, 0.1) is 11.0 Å². The maximum Gasteiger partial charge on any atom is 0.304 e. The molecule has 1 aliphatic heterocycles. The molecule has 1 atom stereocenters. The molecule has 0 radical (unpaired) electrons. The van der Waals surface area contributed by atoms with Gasteiger partial charge in [-0.25, -0.2) is 0 Å². The van der Waals surface area contributed by atoms with E-state index in [4.69, 9.17) is 0 Å². The Morgan fingerprint density at radius 3 is 2.90 bits per heavy atom. The number of nitrogens with one attached hydrogen (secondary N) is 1.